The number of anilines is 3. The van der Waals surface area contributed by atoms with Gasteiger partial charge in [-0.3, -0.25) is 4.98 Å². The maximum absolute atomic E-state index is 6.32. The van der Waals surface area contributed by atoms with E-state index in [0.717, 1.165) is 68.0 Å². The summed E-state index contributed by atoms with van der Waals surface area (Å²) >= 11 is 0. The molecular formula is C21H28N6O2. The van der Waals surface area contributed by atoms with Crippen LogP contribution in [0.25, 0.3) is 0 Å². The molecule has 1 unspecified atom stereocenters. The van der Waals surface area contributed by atoms with Crippen molar-refractivity contribution in [1.29, 1.82) is 0 Å². The molecule has 8 heteroatoms. The summed E-state index contributed by atoms with van der Waals surface area (Å²) < 4.78 is 11.8. The quantitative estimate of drug-likeness (QED) is 0.757. The van der Waals surface area contributed by atoms with Crippen LogP contribution < -0.4 is 14.5 Å². The summed E-state index contributed by atoms with van der Waals surface area (Å²) in [6, 6.07) is 4.04. The Morgan fingerprint density at radius 2 is 2.07 bits per heavy atom. The standard InChI is InChI=1S/C21H28N6O2/c1-25-7-4-16(14-25)15-29-20-18-5-8-27(17-3-2-6-22-13-17)19(18)23-21(24-20)26-9-11-28-12-10-26/h2-3,6,13,16H,4-5,7-12,14-15H2,1H3. The van der Waals surface area contributed by atoms with E-state index in [2.05, 4.69) is 32.8 Å². The molecular weight excluding hydrogens is 368 g/mol. The van der Waals surface area contributed by atoms with E-state index in [4.69, 9.17) is 19.4 Å². The van der Waals surface area contributed by atoms with Crippen molar-refractivity contribution in [2.75, 3.05) is 69.4 Å². The van der Waals surface area contributed by atoms with Crippen LogP contribution in [0.4, 0.5) is 17.5 Å². The number of hydrogen-bond donors (Lipinski definition) is 0. The lowest BCUT2D eigenvalue weighted by atomic mass is 10.1. The van der Waals surface area contributed by atoms with Gasteiger partial charge < -0.3 is 24.2 Å². The molecule has 0 bridgehead atoms. The Balaban J connectivity index is 1.45. The molecule has 1 atom stereocenters. The molecule has 2 aromatic rings. The Kier molecular flexibility index (Phi) is 5.20. The molecule has 29 heavy (non-hydrogen) atoms. The van der Waals surface area contributed by atoms with Crippen LogP contribution in [-0.2, 0) is 11.2 Å². The van der Waals surface area contributed by atoms with Gasteiger partial charge in [0.2, 0.25) is 11.8 Å². The van der Waals surface area contributed by atoms with E-state index >= 15 is 0 Å². The molecule has 154 valence electrons. The molecule has 3 aliphatic heterocycles. The van der Waals surface area contributed by atoms with E-state index in [1.54, 1.807) is 6.20 Å². The molecule has 0 aliphatic carbocycles. The fourth-order valence-electron chi connectivity index (χ4n) is 4.36. The first-order valence-electron chi connectivity index (χ1n) is 10.5. The maximum Gasteiger partial charge on any atom is 0.230 e. The Morgan fingerprint density at radius 1 is 1.17 bits per heavy atom. The van der Waals surface area contributed by atoms with Gasteiger partial charge in [0, 0.05) is 38.3 Å². The average Bonchev–Trinajstić information content (AvgIpc) is 3.39. The summed E-state index contributed by atoms with van der Waals surface area (Å²) in [5, 5.41) is 0. The molecule has 2 fully saturated rings. The third-order valence-electron chi connectivity index (χ3n) is 5.97. The van der Waals surface area contributed by atoms with Gasteiger partial charge >= 0.3 is 0 Å². The van der Waals surface area contributed by atoms with Crippen molar-refractivity contribution >= 4 is 17.5 Å². The van der Waals surface area contributed by atoms with Crippen molar-refractivity contribution in [3.8, 4) is 5.88 Å². The van der Waals surface area contributed by atoms with Crippen LogP contribution in [0.15, 0.2) is 24.5 Å². The lowest BCUT2D eigenvalue weighted by Crippen LogP contribution is -2.37. The molecule has 5 rings (SSSR count). The zero-order chi connectivity index (χ0) is 19.6. The van der Waals surface area contributed by atoms with Gasteiger partial charge in [0.25, 0.3) is 0 Å². The van der Waals surface area contributed by atoms with Gasteiger partial charge in [-0.25, -0.2) is 0 Å². The molecule has 3 aliphatic rings. The molecule has 2 saturated heterocycles. The highest BCUT2D eigenvalue weighted by Gasteiger charge is 2.30. The summed E-state index contributed by atoms with van der Waals surface area (Å²) in [5.74, 6) is 3.00. The number of fused-ring (bicyclic) bond motifs is 1. The summed E-state index contributed by atoms with van der Waals surface area (Å²) in [5.41, 5.74) is 2.17. The molecule has 8 nitrogen and oxygen atoms in total. The normalized spacial score (nSPS) is 22.2. The zero-order valence-electron chi connectivity index (χ0n) is 17.0. The Morgan fingerprint density at radius 3 is 2.83 bits per heavy atom. The minimum Gasteiger partial charge on any atom is -0.477 e. The predicted octanol–water partition coefficient (Wildman–Crippen LogP) is 1.73. The topological polar surface area (TPSA) is 66.8 Å². The Labute approximate surface area is 171 Å². The monoisotopic (exact) mass is 396 g/mol. The van der Waals surface area contributed by atoms with Gasteiger partial charge in [-0.2, -0.15) is 9.97 Å². The lowest BCUT2D eigenvalue weighted by Gasteiger charge is -2.28. The fourth-order valence-corrected chi connectivity index (χ4v) is 4.36. The minimum atomic E-state index is 0.563. The predicted molar refractivity (Wildman–Crippen MR) is 111 cm³/mol. The molecule has 0 radical (unpaired) electrons. The van der Waals surface area contributed by atoms with Gasteiger partial charge in [0.15, 0.2) is 0 Å². The van der Waals surface area contributed by atoms with Gasteiger partial charge in [0.05, 0.1) is 37.3 Å². The van der Waals surface area contributed by atoms with Crippen LogP contribution in [0.2, 0.25) is 0 Å². The summed E-state index contributed by atoms with van der Waals surface area (Å²) in [4.78, 5) is 20.9. The lowest BCUT2D eigenvalue weighted by molar-refractivity contribution is 0.122. The fraction of sp³-hybridized carbons (Fsp3) is 0.571. The van der Waals surface area contributed by atoms with Crippen molar-refractivity contribution in [2.24, 2.45) is 5.92 Å². The number of likely N-dealkylation sites (tertiary alicyclic amines) is 1. The third kappa shape index (κ3) is 3.86. The highest BCUT2D eigenvalue weighted by atomic mass is 16.5. The van der Waals surface area contributed by atoms with Crippen molar-refractivity contribution in [3.63, 3.8) is 0 Å². The second-order valence-corrected chi connectivity index (χ2v) is 8.07. The third-order valence-corrected chi connectivity index (χ3v) is 5.97. The molecule has 2 aromatic heterocycles. The van der Waals surface area contributed by atoms with Crippen LogP contribution in [0, 0.1) is 5.92 Å². The smallest absolute Gasteiger partial charge is 0.230 e. The van der Waals surface area contributed by atoms with Crippen LogP contribution >= 0.6 is 0 Å². The van der Waals surface area contributed by atoms with E-state index in [0.29, 0.717) is 25.7 Å². The average molecular weight is 396 g/mol. The highest BCUT2D eigenvalue weighted by Crippen LogP contribution is 2.38. The van der Waals surface area contributed by atoms with Crippen LogP contribution in [0.3, 0.4) is 0 Å². The largest absolute Gasteiger partial charge is 0.477 e. The van der Waals surface area contributed by atoms with Crippen LogP contribution in [-0.4, -0.2) is 79.4 Å². The van der Waals surface area contributed by atoms with Gasteiger partial charge in [-0.05, 0) is 38.6 Å². The number of pyridine rings is 1. The van der Waals surface area contributed by atoms with Gasteiger partial charge in [-0.15, -0.1) is 0 Å². The van der Waals surface area contributed by atoms with Gasteiger partial charge in [0.1, 0.15) is 5.82 Å². The number of hydrogen-bond acceptors (Lipinski definition) is 8. The number of rotatable bonds is 5. The van der Waals surface area contributed by atoms with E-state index < -0.39 is 0 Å². The second-order valence-electron chi connectivity index (χ2n) is 8.07. The van der Waals surface area contributed by atoms with E-state index in [1.807, 2.05) is 12.3 Å². The SMILES string of the molecule is CN1CCC(COc2nc(N3CCOCC3)nc3c2CCN3c2cccnc2)C1. The molecule has 0 spiro atoms. The van der Waals surface area contributed by atoms with Gasteiger partial charge in [-0.1, -0.05) is 0 Å². The highest BCUT2D eigenvalue weighted by molar-refractivity contribution is 5.69. The van der Waals surface area contributed by atoms with Crippen molar-refractivity contribution in [2.45, 2.75) is 12.8 Å². The maximum atomic E-state index is 6.32. The second kappa shape index (κ2) is 8.12. The Hall–Kier alpha value is -2.45. The summed E-state index contributed by atoms with van der Waals surface area (Å²) in [7, 11) is 2.17. The number of nitrogens with zero attached hydrogens (tertiary/aromatic N) is 6. The molecule has 0 saturated carbocycles. The van der Waals surface area contributed by atoms with Crippen LogP contribution in [0.5, 0.6) is 5.88 Å². The van der Waals surface area contributed by atoms with Crippen LogP contribution in [0.1, 0.15) is 12.0 Å². The molecule has 5 heterocycles. The first kappa shape index (κ1) is 18.6. The van der Waals surface area contributed by atoms with E-state index in [-0.39, 0.29) is 0 Å². The number of morpholine rings is 1. The molecule has 0 aromatic carbocycles. The van der Waals surface area contributed by atoms with Crippen molar-refractivity contribution in [1.82, 2.24) is 19.9 Å². The number of aromatic nitrogens is 3. The molecule has 0 N–H and O–H groups in total. The number of ether oxygens (including phenoxy) is 2. The van der Waals surface area contributed by atoms with E-state index in [9.17, 15) is 0 Å². The zero-order valence-corrected chi connectivity index (χ0v) is 17.0. The summed E-state index contributed by atoms with van der Waals surface area (Å²) in [6.07, 6.45) is 5.75. The first-order valence-corrected chi connectivity index (χ1v) is 10.5. The molecule has 0 amide bonds. The summed E-state index contributed by atoms with van der Waals surface area (Å²) in [6.45, 7) is 6.83. The minimum absolute atomic E-state index is 0.563. The van der Waals surface area contributed by atoms with Crippen molar-refractivity contribution in [3.05, 3.63) is 30.1 Å². The van der Waals surface area contributed by atoms with Crippen molar-refractivity contribution < 1.29 is 9.47 Å². The Bertz CT molecular complexity index is 843. The van der Waals surface area contributed by atoms with E-state index in [1.165, 1.54) is 6.42 Å². The first-order chi connectivity index (χ1) is 14.3.